The maximum absolute atomic E-state index is 5.52. The van der Waals surface area contributed by atoms with Crippen LogP contribution in [-0.2, 0) is 11.3 Å². The van der Waals surface area contributed by atoms with Gasteiger partial charge in [-0.25, -0.2) is 9.97 Å². The average molecular weight is 373 g/mol. The lowest BCUT2D eigenvalue weighted by molar-refractivity contribution is 0.185. The second-order valence-corrected chi connectivity index (χ2v) is 6.37. The van der Waals surface area contributed by atoms with Crippen molar-refractivity contribution in [1.29, 1.82) is 0 Å². The van der Waals surface area contributed by atoms with Crippen LogP contribution in [0.4, 0.5) is 5.95 Å². The van der Waals surface area contributed by atoms with Crippen LogP contribution in [-0.4, -0.2) is 27.2 Å². The standard InChI is InChI=1S/C21H19N5O2/c1-13-5-3-4-6-17(13)18-8-7-14(9-15(18)12-27-2)20-25-19(26-28-20)16-10-23-21(22)24-11-16/h3-11H,12H2,1-2H3,(H2,22,23,24). The Morgan fingerprint density at radius 3 is 2.54 bits per heavy atom. The summed E-state index contributed by atoms with van der Waals surface area (Å²) < 4.78 is 10.9. The molecule has 0 fully saturated rings. The molecule has 140 valence electrons. The van der Waals surface area contributed by atoms with E-state index in [0.717, 1.165) is 16.7 Å². The maximum Gasteiger partial charge on any atom is 0.258 e. The van der Waals surface area contributed by atoms with E-state index in [0.29, 0.717) is 23.9 Å². The summed E-state index contributed by atoms with van der Waals surface area (Å²) in [6.07, 6.45) is 3.13. The molecule has 2 N–H and O–H groups in total. The Bertz CT molecular complexity index is 1110. The Morgan fingerprint density at radius 1 is 1.00 bits per heavy atom. The molecule has 28 heavy (non-hydrogen) atoms. The third-order valence-electron chi connectivity index (χ3n) is 4.44. The van der Waals surface area contributed by atoms with Crippen LogP contribution in [0.2, 0.25) is 0 Å². The van der Waals surface area contributed by atoms with E-state index in [1.165, 1.54) is 11.1 Å². The minimum Gasteiger partial charge on any atom is -0.380 e. The summed E-state index contributed by atoms with van der Waals surface area (Å²) in [6, 6.07) is 14.3. The summed E-state index contributed by atoms with van der Waals surface area (Å²) in [5, 5.41) is 4.02. The van der Waals surface area contributed by atoms with Gasteiger partial charge in [0.2, 0.25) is 11.8 Å². The van der Waals surface area contributed by atoms with E-state index in [1.54, 1.807) is 19.5 Å². The molecule has 0 spiro atoms. The van der Waals surface area contributed by atoms with Gasteiger partial charge in [0, 0.05) is 25.1 Å². The SMILES string of the molecule is COCc1cc(-c2nc(-c3cnc(N)nc3)no2)ccc1-c1ccccc1C. The summed E-state index contributed by atoms with van der Waals surface area (Å²) in [6.45, 7) is 2.57. The van der Waals surface area contributed by atoms with E-state index in [1.807, 2.05) is 24.3 Å². The highest BCUT2D eigenvalue weighted by Crippen LogP contribution is 2.31. The quantitative estimate of drug-likeness (QED) is 0.566. The number of hydrogen-bond acceptors (Lipinski definition) is 7. The average Bonchev–Trinajstić information content (AvgIpc) is 3.20. The number of hydrogen-bond donors (Lipinski definition) is 1. The number of ether oxygens (including phenoxy) is 1. The van der Waals surface area contributed by atoms with Crippen molar-refractivity contribution in [2.75, 3.05) is 12.8 Å². The van der Waals surface area contributed by atoms with E-state index in [-0.39, 0.29) is 5.95 Å². The van der Waals surface area contributed by atoms with Crippen LogP contribution in [0.25, 0.3) is 34.0 Å². The molecule has 0 aliphatic heterocycles. The van der Waals surface area contributed by atoms with Crippen molar-refractivity contribution >= 4 is 5.95 Å². The van der Waals surface area contributed by atoms with Crippen molar-refractivity contribution in [1.82, 2.24) is 20.1 Å². The zero-order chi connectivity index (χ0) is 19.5. The number of benzene rings is 2. The zero-order valence-corrected chi connectivity index (χ0v) is 15.6. The van der Waals surface area contributed by atoms with Gasteiger partial charge in [-0.15, -0.1) is 0 Å². The first-order valence-corrected chi connectivity index (χ1v) is 8.75. The van der Waals surface area contributed by atoms with Gasteiger partial charge in [0.25, 0.3) is 5.89 Å². The molecule has 0 unspecified atom stereocenters. The molecule has 0 saturated heterocycles. The predicted molar refractivity (Wildman–Crippen MR) is 106 cm³/mol. The Hall–Kier alpha value is -3.58. The number of nitrogens with zero attached hydrogens (tertiary/aromatic N) is 4. The number of methoxy groups -OCH3 is 1. The summed E-state index contributed by atoms with van der Waals surface area (Å²) >= 11 is 0. The number of aromatic nitrogens is 4. The summed E-state index contributed by atoms with van der Waals surface area (Å²) in [5.41, 5.74) is 11.5. The Kier molecular flexibility index (Phi) is 4.82. The third-order valence-corrected chi connectivity index (χ3v) is 4.44. The minimum absolute atomic E-state index is 0.198. The number of rotatable bonds is 5. The third kappa shape index (κ3) is 3.47. The highest BCUT2D eigenvalue weighted by atomic mass is 16.5. The van der Waals surface area contributed by atoms with Gasteiger partial charge < -0.3 is 15.0 Å². The van der Waals surface area contributed by atoms with E-state index in [2.05, 4.69) is 45.2 Å². The Labute approximate surface area is 162 Å². The zero-order valence-electron chi connectivity index (χ0n) is 15.6. The van der Waals surface area contributed by atoms with Crippen molar-refractivity contribution in [3.05, 3.63) is 66.0 Å². The molecule has 0 radical (unpaired) electrons. The lowest BCUT2D eigenvalue weighted by atomic mass is 9.94. The fraction of sp³-hybridized carbons (Fsp3) is 0.143. The van der Waals surface area contributed by atoms with Crippen LogP contribution < -0.4 is 5.73 Å². The van der Waals surface area contributed by atoms with Crippen LogP contribution in [0.3, 0.4) is 0 Å². The van der Waals surface area contributed by atoms with Gasteiger partial charge in [0.05, 0.1) is 12.2 Å². The van der Waals surface area contributed by atoms with E-state index >= 15 is 0 Å². The molecule has 7 heteroatoms. The highest BCUT2D eigenvalue weighted by molar-refractivity contribution is 5.74. The second kappa shape index (κ2) is 7.58. The first kappa shape index (κ1) is 17.8. The lowest BCUT2D eigenvalue weighted by Gasteiger charge is -2.12. The normalized spacial score (nSPS) is 10.9. The number of nitrogen functional groups attached to an aromatic ring is 1. The molecule has 0 aliphatic carbocycles. The summed E-state index contributed by atoms with van der Waals surface area (Å²) in [5.74, 6) is 1.02. The van der Waals surface area contributed by atoms with Gasteiger partial charge in [0.15, 0.2) is 0 Å². The summed E-state index contributed by atoms with van der Waals surface area (Å²) in [7, 11) is 1.68. The molecule has 2 heterocycles. The van der Waals surface area contributed by atoms with E-state index in [9.17, 15) is 0 Å². The van der Waals surface area contributed by atoms with Gasteiger partial charge in [0.1, 0.15) is 0 Å². The van der Waals surface area contributed by atoms with Gasteiger partial charge in [-0.05, 0) is 41.3 Å². The first-order chi connectivity index (χ1) is 13.7. The smallest absolute Gasteiger partial charge is 0.258 e. The highest BCUT2D eigenvalue weighted by Gasteiger charge is 2.15. The van der Waals surface area contributed by atoms with Gasteiger partial charge in [-0.2, -0.15) is 4.98 Å². The predicted octanol–water partition coefficient (Wildman–Crippen LogP) is 3.90. The van der Waals surface area contributed by atoms with Crippen LogP contribution >= 0.6 is 0 Å². The minimum atomic E-state index is 0.198. The monoisotopic (exact) mass is 373 g/mol. The van der Waals surface area contributed by atoms with Crippen molar-refractivity contribution < 1.29 is 9.26 Å². The molecular weight excluding hydrogens is 354 g/mol. The fourth-order valence-electron chi connectivity index (χ4n) is 3.05. The van der Waals surface area contributed by atoms with Gasteiger partial charge in [-0.3, -0.25) is 0 Å². The second-order valence-electron chi connectivity index (χ2n) is 6.37. The molecule has 2 aromatic heterocycles. The van der Waals surface area contributed by atoms with Crippen molar-refractivity contribution in [3.63, 3.8) is 0 Å². The van der Waals surface area contributed by atoms with E-state index < -0.39 is 0 Å². The fourth-order valence-corrected chi connectivity index (χ4v) is 3.05. The van der Waals surface area contributed by atoms with Crippen molar-refractivity contribution in [3.8, 4) is 34.0 Å². The van der Waals surface area contributed by atoms with Crippen LogP contribution in [0.1, 0.15) is 11.1 Å². The van der Waals surface area contributed by atoms with Crippen molar-refractivity contribution in [2.24, 2.45) is 0 Å². The number of aryl methyl sites for hydroxylation is 1. The van der Waals surface area contributed by atoms with E-state index in [4.69, 9.17) is 15.0 Å². The van der Waals surface area contributed by atoms with Gasteiger partial charge in [-0.1, -0.05) is 35.5 Å². The molecule has 0 bridgehead atoms. The molecule has 2 aromatic carbocycles. The van der Waals surface area contributed by atoms with Crippen molar-refractivity contribution in [2.45, 2.75) is 13.5 Å². The van der Waals surface area contributed by atoms with Crippen LogP contribution in [0.15, 0.2) is 59.4 Å². The Morgan fingerprint density at radius 2 is 1.79 bits per heavy atom. The number of anilines is 1. The molecule has 0 amide bonds. The largest absolute Gasteiger partial charge is 0.380 e. The molecule has 4 rings (SSSR count). The number of nitrogens with two attached hydrogens (primary N) is 1. The first-order valence-electron chi connectivity index (χ1n) is 8.75. The Balaban J connectivity index is 1.72. The molecule has 0 atom stereocenters. The lowest BCUT2D eigenvalue weighted by Crippen LogP contribution is -1.95. The van der Waals surface area contributed by atoms with Crippen LogP contribution in [0, 0.1) is 6.92 Å². The molecular formula is C21H19N5O2. The summed E-state index contributed by atoms with van der Waals surface area (Å²) in [4.78, 5) is 12.4. The molecule has 7 nitrogen and oxygen atoms in total. The maximum atomic E-state index is 5.52. The topological polar surface area (TPSA) is 100.0 Å². The molecule has 0 saturated carbocycles. The molecule has 0 aliphatic rings. The van der Waals surface area contributed by atoms with Crippen LogP contribution in [0.5, 0.6) is 0 Å². The van der Waals surface area contributed by atoms with Gasteiger partial charge >= 0.3 is 0 Å². The molecule has 4 aromatic rings.